The third-order valence-electron chi connectivity index (χ3n) is 4.98. The molecule has 1 aromatic heterocycles. The number of methoxy groups -OCH3 is 1. The number of nitrogens with zero attached hydrogens (tertiary/aromatic N) is 2. The summed E-state index contributed by atoms with van der Waals surface area (Å²) in [6, 6.07) is 13.5. The van der Waals surface area contributed by atoms with Crippen LogP contribution < -0.4 is 9.64 Å². The molecule has 0 spiro atoms. The lowest BCUT2D eigenvalue weighted by atomic mass is 10.1. The van der Waals surface area contributed by atoms with Gasteiger partial charge < -0.3 is 4.74 Å². The largest absolute Gasteiger partial charge is 0.495 e. The van der Waals surface area contributed by atoms with E-state index >= 15 is 0 Å². The van der Waals surface area contributed by atoms with Gasteiger partial charge in [-0.3, -0.25) is 9.69 Å². The maximum atomic E-state index is 13.6. The van der Waals surface area contributed by atoms with Crippen molar-refractivity contribution in [2.45, 2.75) is 24.6 Å². The average Bonchev–Trinajstić information content (AvgIpc) is 2.97. The maximum absolute atomic E-state index is 13.6. The van der Waals surface area contributed by atoms with Crippen LogP contribution >= 0.6 is 34.5 Å². The van der Waals surface area contributed by atoms with Crippen LogP contribution in [0.25, 0.3) is 10.2 Å². The van der Waals surface area contributed by atoms with Gasteiger partial charge in [0, 0.05) is 0 Å². The number of carbonyl (C=O) groups is 1. The number of hydrogen-bond acceptors (Lipinski definition) is 4. The van der Waals surface area contributed by atoms with Crippen molar-refractivity contribution in [2.24, 2.45) is 5.41 Å². The predicted molar refractivity (Wildman–Crippen MR) is 112 cm³/mol. The highest BCUT2D eigenvalue weighted by atomic mass is 35.5. The van der Waals surface area contributed by atoms with Crippen LogP contribution in [0.1, 0.15) is 18.9 Å². The molecule has 7 heteroatoms. The van der Waals surface area contributed by atoms with Gasteiger partial charge in [0.15, 0.2) is 5.13 Å². The van der Waals surface area contributed by atoms with E-state index in [9.17, 15) is 4.79 Å². The molecular formula is C20H18Cl2N2O2S. The molecule has 0 N–H and O–H groups in total. The number of para-hydroxylation sites is 1. The van der Waals surface area contributed by atoms with Crippen molar-refractivity contribution in [2.75, 3.05) is 12.0 Å². The Morgan fingerprint density at radius 1 is 1.26 bits per heavy atom. The zero-order chi connectivity index (χ0) is 19.4. The molecular weight excluding hydrogens is 403 g/mol. The van der Waals surface area contributed by atoms with Gasteiger partial charge in [0.05, 0.1) is 28.4 Å². The molecule has 3 aromatic rings. The summed E-state index contributed by atoms with van der Waals surface area (Å²) in [6.45, 7) is 3.76. The van der Waals surface area contributed by atoms with E-state index < -0.39 is 9.75 Å². The molecule has 0 aliphatic heterocycles. The lowest BCUT2D eigenvalue weighted by Crippen LogP contribution is -2.35. The Kier molecular flexibility index (Phi) is 4.37. The van der Waals surface area contributed by atoms with E-state index in [1.54, 1.807) is 18.9 Å². The molecule has 4 nitrogen and oxygen atoms in total. The van der Waals surface area contributed by atoms with Crippen LogP contribution in [0, 0.1) is 12.3 Å². The Morgan fingerprint density at radius 3 is 2.59 bits per heavy atom. The quantitative estimate of drug-likeness (QED) is 0.496. The minimum atomic E-state index is -1.07. The number of ether oxygens (including phenoxy) is 1. The summed E-state index contributed by atoms with van der Waals surface area (Å²) < 4.78 is 5.46. The fourth-order valence-corrected chi connectivity index (χ4v) is 4.78. The second-order valence-corrected chi connectivity index (χ2v) is 9.49. The molecule has 1 aliphatic rings. The number of carbonyl (C=O) groups excluding carboxylic acids is 1. The highest BCUT2D eigenvalue weighted by Gasteiger charge is 2.69. The number of aryl methyl sites for hydroxylation is 1. The fraction of sp³-hybridized carbons (Fsp3) is 0.300. The Balaban J connectivity index is 1.91. The van der Waals surface area contributed by atoms with E-state index in [0.717, 1.165) is 15.8 Å². The van der Waals surface area contributed by atoms with Crippen molar-refractivity contribution in [3.05, 3.63) is 48.0 Å². The van der Waals surface area contributed by atoms with E-state index in [-0.39, 0.29) is 5.91 Å². The van der Waals surface area contributed by atoms with Crippen LogP contribution in [0.4, 0.5) is 10.8 Å². The number of rotatable bonds is 4. The van der Waals surface area contributed by atoms with Crippen molar-refractivity contribution in [1.29, 1.82) is 0 Å². The van der Waals surface area contributed by atoms with Crippen molar-refractivity contribution in [3.63, 3.8) is 0 Å². The fourth-order valence-electron chi connectivity index (χ4n) is 3.11. The molecule has 1 amide bonds. The molecule has 0 saturated heterocycles. The SMILES string of the molecule is COc1ccc(C)cc1N(C(=O)C1(C)CC1(Cl)Cl)c1nc2ccccc2s1. The van der Waals surface area contributed by atoms with Crippen LogP contribution in [0.5, 0.6) is 5.75 Å². The van der Waals surface area contributed by atoms with Crippen molar-refractivity contribution in [1.82, 2.24) is 4.98 Å². The molecule has 0 radical (unpaired) electrons. The van der Waals surface area contributed by atoms with Crippen LogP contribution in [0.15, 0.2) is 42.5 Å². The predicted octanol–water partition coefficient (Wildman–Crippen LogP) is 5.86. The van der Waals surface area contributed by atoms with E-state index in [4.69, 9.17) is 27.9 Å². The van der Waals surface area contributed by atoms with E-state index in [2.05, 4.69) is 4.98 Å². The van der Waals surface area contributed by atoms with Gasteiger partial charge in [0.2, 0.25) is 5.91 Å². The molecule has 1 unspecified atom stereocenters. The number of benzene rings is 2. The summed E-state index contributed by atoms with van der Waals surface area (Å²) in [5, 5.41) is 0.572. The van der Waals surface area contributed by atoms with Crippen molar-refractivity contribution < 1.29 is 9.53 Å². The number of halogens is 2. The minimum absolute atomic E-state index is 0.185. The third kappa shape index (κ3) is 2.98. The molecule has 140 valence electrons. The van der Waals surface area contributed by atoms with Crippen LogP contribution in [0.2, 0.25) is 0 Å². The Labute approximate surface area is 171 Å². The van der Waals surface area contributed by atoms with Gasteiger partial charge in [0.1, 0.15) is 10.1 Å². The molecule has 0 bridgehead atoms. The molecule has 2 aromatic carbocycles. The molecule has 4 rings (SSSR count). The first-order valence-electron chi connectivity index (χ1n) is 8.49. The van der Waals surface area contributed by atoms with Gasteiger partial charge in [-0.25, -0.2) is 4.98 Å². The third-order valence-corrected chi connectivity index (χ3v) is 7.11. The van der Waals surface area contributed by atoms with E-state index in [0.29, 0.717) is 23.0 Å². The van der Waals surface area contributed by atoms with Crippen LogP contribution in [0.3, 0.4) is 0 Å². The standard InChI is InChI=1S/C20H18Cl2N2O2S/c1-12-8-9-15(26-3)14(10-12)24(17(25)19(2)11-20(19,21)22)18-23-13-6-4-5-7-16(13)27-18/h4-10H,11H2,1-3H3. The lowest BCUT2D eigenvalue weighted by molar-refractivity contribution is -0.122. The van der Waals surface area contributed by atoms with E-state index in [1.165, 1.54) is 11.3 Å². The molecule has 1 fully saturated rings. The monoisotopic (exact) mass is 420 g/mol. The number of anilines is 2. The Morgan fingerprint density at radius 2 is 1.96 bits per heavy atom. The molecule has 1 atom stereocenters. The highest BCUT2D eigenvalue weighted by molar-refractivity contribution is 7.22. The van der Waals surface area contributed by atoms with Crippen molar-refractivity contribution in [3.8, 4) is 5.75 Å². The molecule has 1 aliphatic carbocycles. The zero-order valence-corrected chi connectivity index (χ0v) is 17.5. The molecule has 1 heterocycles. The zero-order valence-electron chi connectivity index (χ0n) is 15.1. The number of aromatic nitrogens is 1. The second kappa shape index (κ2) is 6.36. The number of thiazole rings is 1. The maximum Gasteiger partial charge on any atom is 0.242 e. The number of alkyl halides is 2. The van der Waals surface area contributed by atoms with Gasteiger partial charge in [-0.1, -0.05) is 29.5 Å². The van der Waals surface area contributed by atoms with Gasteiger partial charge in [0.25, 0.3) is 0 Å². The molecule has 1 saturated carbocycles. The van der Waals surface area contributed by atoms with Gasteiger partial charge in [-0.05, 0) is 50.1 Å². The minimum Gasteiger partial charge on any atom is -0.495 e. The summed E-state index contributed by atoms with van der Waals surface area (Å²) in [7, 11) is 1.58. The highest BCUT2D eigenvalue weighted by Crippen LogP contribution is 2.65. The first-order valence-corrected chi connectivity index (χ1v) is 10.1. The summed E-state index contributed by atoms with van der Waals surface area (Å²) in [5.74, 6) is 0.405. The number of fused-ring (bicyclic) bond motifs is 1. The smallest absolute Gasteiger partial charge is 0.242 e. The Bertz CT molecular complexity index is 1020. The normalized spacial score (nSPS) is 20.5. The summed E-state index contributed by atoms with van der Waals surface area (Å²) in [6.07, 6.45) is 0.400. The second-order valence-electron chi connectivity index (χ2n) is 6.99. The summed E-state index contributed by atoms with van der Waals surface area (Å²) >= 11 is 14.1. The first kappa shape index (κ1) is 18.5. The summed E-state index contributed by atoms with van der Waals surface area (Å²) in [5.41, 5.74) is 1.61. The van der Waals surface area contributed by atoms with Crippen molar-refractivity contribution >= 4 is 61.5 Å². The van der Waals surface area contributed by atoms with Crippen LogP contribution in [-0.2, 0) is 4.79 Å². The van der Waals surface area contributed by atoms with Crippen LogP contribution in [-0.4, -0.2) is 22.3 Å². The summed E-state index contributed by atoms with van der Waals surface area (Å²) in [4.78, 5) is 19.9. The first-order chi connectivity index (χ1) is 12.8. The van der Waals surface area contributed by atoms with Gasteiger partial charge >= 0.3 is 0 Å². The molecule has 27 heavy (non-hydrogen) atoms. The average molecular weight is 421 g/mol. The number of amides is 1. The lowest BCUT2D eigenvalue weighted by Gasteiger charge is -2.26. The topological polar surface area (TPSA) is 42.4 Å². The number of hydrogen-bond donors (Lipinski definition) is 0. The van der Waals surface area contributed by atoms with Gasteiger partial charge in [-0.15, -0.1) is 23.2 Å². The Hall–Kier alpha value is -1.82. The van der Waals surface area contributed by atoms with Gasteiger partial charge in [-0.2, -0.15) is 0 Å². The van der Waals surface area contributed by atoms with E-state index in [1.807, 2.05) is 49.4 Å².